The number of hydrogen-bond acceptors (Lipinski definition) is 11. The summed E-state index contributed by atoms with van der Waals surface area (Å²) in [7, 11) is -5.04. The Balaban J connectivity index is 2.44. The van der Waals surface area contributed by atoms with Gasteiger partial charge in [-0.15, -0.1) is 0 Å². The number of ether oxygens (including phenoxy) is 2. The summed E-state index contributed by atoms with van der Waals surface area (Å²) < 4.78 is 34.2. The third-order valence-corrected chi connectivity index (χ3v) is 11.1. The van der Waals surface area contributed by atoms with E-state index in [9.17, 15) is 39.8 Å². The standard InChI is InChI=1S/C51H83O12P/c1-3-5-7-9-11-13-15-17-19-21-22-23-24-25-26-28-30-32-34-36-38-40-45(52)62-44(43-61-64(58,59)63-51-49(56)47(54)46(53)48(55)50(51)57)42-60-41-39-37-35-33-31-29-27-20-18-16-14-12-10-8-6-4-2/h5-8,11-14,17-20,22-23,25-26,30,32,44,46-51,53-57H,3-4,9-10,15-16,21,24,27-29,31,33-43H2,1-2H3,(H,58,59)/b7-5-,8-6-,13-11-,14-12-,19-17-,20-18-,23-22-,26-25-,32-30-. The van der Waals surface area contributed by atoms with Gasteiger partial charge in [-0.1, -0.05) is 149 Å². The Labute approximate surface area is 385 Å². The van der Waals surface area contributed by atoms with Gasteiger partial charge in [0.2, 0.25) is 0 Å². The molecule has 0 aromatic rings. The average molecular weight is 919 g/mol. The van der Waals surface area contributed by atoms with E-state index >= 15 is 0 Å². The first-order chi connectivity index (χ1) is 31.0. The number of aliphatic hydroxyl groups excluding tert-OH is 5. The Bertz CT molecular complexity index is 1470. The van der Waals surface area contributed by atoms with Crippen LogP contribution >= 0.6 is 7.82 Å². The Morgan fingerprint density at radius 1 is 0.500 bits per heavy atom. The number of phosphoric ester groups is 1. The lowest BCUT2D eigenvalue weighted by atomic mass is 9.85. The molecule has 0 amide bonds. The van der Waals surface area contributed by atoms with Gasteiger partial charge in [-0.2, -0.15) is 0 Å². The molecule has 364 valence electrons. The largest absolute Gasteiger partial charge is 0.472 e. The van der Waals surface area contributed by atoms with E-state index < -0.39 is 63.1 Å². The first kappa shape index (κ1) is 59.0. The Morgan fingerprint density at radius 3 is 1.33 bits per heavy atom. The van der Waals surface area contributed by atoms with Crippen LogP contribution in [0.2, 0.25) is 0 Å². The van der Waals surface area contributed by atoms with E-state index in [4.69, 9.17) is 18.5 Å². The topological polar surface area (TPSA) is 192 Å². The third-order valence-electron chi connectivity index (χ3n) is 10.1. The van der Waals surface area contributed by atoms with Gasteiger partial charge < -0.3 is 39.9 Å². The molecule has 0 bridgehead atoms. The minimum absolute atomic E-state index is 0.112. The maximum atomic E-state index is 12.8. The van der Waals surface area contributed by atoms with Crippen LogP contribution in [0, 0.1) is 0 Å². The van der Waals surface area contributed by atoms with Crippen molar-refractivity contribution in [3.63, 3.8) is 0 Å². The zero-order valence-corrected chi connectivity index (χ0v) is 39.7. The second-order valence-corrected chi connectivity index (χ2v) is 17.2. The van der Waals surface area contributed by atoms with Crippen molar-refractivity contribution < 1.29 is 58.3 Å². The number of allylic oxidation sites excluding steroid dienone is 18. The predicted octanol–water partition coefficient (Wildman–Crippen LogP) is 10.1. The van der Waals surface area contributed by atoms with Crippen LogP contribution in [0.5, 0.6) is 0 Å². The van der Waals surface area contributed by atoms with Crippen LogP contribution in [0.25, 0.3) is 0 Å². The molecule has 1 rings (SSSR count). The summed E-state index contributed by atoms with van der Waals surface area (Å²) in [5, 5.41) is 50.2. The van der Waals surface area contributed by atoms with Gasteiger partial charge in [0.05, 0.1) is 13.2 Å². The first-order valence-electron chi connectivity index (χ1n) is 23.7. The molecule has 0 aromatic heterocycles. The van der Waals surface area contributed by atoms with Crippen molar-refractivity contribution in [3.05, 3.63) is 109 Å². The van der Waals surface area contributed by atoms with Gasteiger partial charge >= 0.3 is 13.8 Å². The molecule has 0 aliphatic heterocycles. The Hall–Kier alpha value is -3.00. The molecule has 1 aliphatic carbocycles. The molecule has 6 atom stereocenters. The van der Waals surface area contributed by atoms with Crippen molar-refractivity contribution in [2.75, 3.05) is 19.8 Å². The fourth-order valence-electron chi connectivity index (χ4n) is 6.43. The predicted molar refractivity (Wildman–Crippen MR) is 257 cm³/mol. The molecule has 12 nitrogen and oxygen atoms in total. The molecule has 64 heavy (non-hydrogen) atoms. The highest BCUT2D eigenvalue weighted by atomic mass is 31.2. The first-order valence-corrected chi connectivity index (χ1v) is 25.2. The minimum Gasteiger partial charge on any atom is -0.457 e. The number of esters is 1. The molecule has 1 aliphatic rings. The van der Waals surface area contributed by atoms with Gasteiger partial charge in [-0.25, -0.2) is 4.57 Å². The van der Waals surface area contributed by atoms with E-state index in [1.54, 1.807) is 0 Å². The highest BCUT2D eigenvalue weighted by molar-refractivity contribution is 7.47. The molecule has 13 heteroatoms. The highest BCUT2D eigenvalue weighted by Gasteiger charge is 2.51. The number of phosphoric acid groups is 1. The fourth-order valence-corrected chi connectivity index (χ4v) is 7.40. The Kier molecular flexibility index (Phi) is 37.2. The van der Waals surface area contributed by atoms with Gasteiger partial charge in [0.15, 0.2) is 0 Å². The van der Waals surface area contributed by atoms with E-state index in [-0.39, 0.29) is 13.0 Å². The van der Waals surface area contributed by atoms with E-state index in [0.717, 1.165) is 116 Å². The molecule has 0 spiro atoms. The van der Waals surface area contributed by atoms with Crippen LogP contribution in [-0.2, 0) is 27.9 Å². The third kappa shape index (κ3) is 31.8. The van der Waals surface area contributed by atoms with E-state index in [1.807, 2.05) is 0 Å². The molecule has 0 heterocycles. The summed E-state index contributed by atoms with van der Waals surface area (Å²) in [4.78, 5) is 23.2. The van der Waals surface area contributed by atoms with Crippen molar-refractivity contribution >= 4 is 13.8 Å². The van der Waals surface area contributed by atoms with Crippen LogP contribution in [0.3, 0.4) is 0 Å². The van der Waals surface area contributed by atoms with E-state index in [0.29, 0.717) is 13.0 Å². The van der Waals surface area contributed by atoms with Gasteiger partial charge in [-0.05, 0) is 96.3 Å². The van der Waals surface area contributed by atoms with Crippen molar-refractivity contribution in [3.8, 4) is 0 Å². The van der Waals surface area contributed by atoms with Crippen molar-refractivity contribution in [1.29, 1.82) is 0 Å². The summed E-state index contributed by atoms with van der Waals surface area (Å²) in [5.74, 6) is -0.529. The lowest BCUT2D eigenvalue weighted by molar-refractivity contribution is -0.220. The monoisotopic (exact) mass is 919 g/mol. The summed E-state index contributed by atoms with van der Waals surface area (Å²) in [6.45, 7) is 3.93. The SMILES string of the molecule is CC/C=C\C/C=C\C/C=C\C/C=C\C/C=C\C/C=C\CCCCC(=O)OC(COCCCCCCCC/C=C\C/C=C\C/C=C\CC)COP(=O)(O)OC1C(O)C(O)C(O)C(O)C1O. The van der Waals surface area contributed by atoms with Gasteiger partial charge in [0, 0.05) is 13.0 Å². The van der Waals surface area contributed by atoms with Crippen molar-refractivity contribution in [2.24, 2.45) is 0 Å². The Morgan fingerprint density at radius 2 is 0.875 bits per heavy atom. The molecular weight excluding hydrogens is 836 g/mol. The quantitative estimate of drug-likeness (QED) is 0.0149. The summed E-state index contributed by atoms with van der Waals surface area (Å²) in [5.41, 5.74) is 0. The summed E-state index contributed by atoms with van der Waals surface area (Å²) in [6.07, 6.45) is 44.4. The minimum atomic E-state index is -5.04. The number of unbranched alkanes of at least 4 members (excludes halogenated alkanes) is 8. The number of aliphatic hydroxyl groups is 5. The highest BCUT2D eigenvalue weighted by Crippen LogP contribution is 2.47. The molecular formula is C51H83O12P. The molecule has 0 aromatic carbocycles. The maximum Gasteiger partial charge on any atom is 0.472 e. The number of carbonyl (C=O) groups is 1. The van der Waals surface area contributed by atoms with Crippen molar-refractivity contribution in [2.45, 2.75) is 185 Å². The summed E-state index contributed by atoms with van der Waals surface area (Å²) >= 11 is 0. The van der Waals surface area contributed by atoms with E-state index in [1.165, 1.54) is 0 Å². The summed E-state index contributed by atoms with van der Waals surface area (Å²) in [6, 6.07) is 0. The number of carbonyl (C=O) groups excluding carboxylic acids is 1. The molecule has 6 unspecified atom stereocenters. The lowest BCUT2D eigenvalue weighted by Crippen LogP contribution is -2.64. The van der Waals surface area contributed by atoms with Crippen LogP contribution in [0.15, 0.2) is 109 Å². The average Bonchev–Trinajstić information content (AvgIpc) is 3.28. The van der Waals surface area contributed by atoms with Crippen LogP contribution in [0.1, 0.15) is 142 Å². The molecule has 0 radical (unpaired) electrons. The molecule has 0 saturated heterocycles. The fraction of sp³-hybridized carbons (Fsp3) is 0.627. The van der Waals surface area contributed by atoms with Crippen LogP contribution in [-0.4, -0.2) is 98.9 Å². The molecule has 1 fully saturated rings. The zero-order chi connectivity index (χ0) is 46.9. The smallest absolute Gasteiger partial charge is 0.457 e. The van der Waals surface area contributed by atoms with E-state index in [2.05, 4.69) is 123 Å². The molecule has 6 N–H and O–H groups in total. The van der Waals surface area contributed by atoms with Gasteiger partial charge in [0.1, 0.15) is 42.7 Å². The second-order valence-electron chi connectivity index (χ2n) is 15.8. The van der Waals surface area contributed by atoms with Crippen LogP contribution in [0.4, 0.5) is 0 Å². The van der Waals surface area contributed by atoms with Crippen molar-refractivity contribution in [1.82, 2.24) is 0 Å². The van der Waals surface area contributed by atoms with Gasteiger partial charge in [0.25, 0.3) is 0 Å². The number of hydrogen-bond donors (Lipinski definition) is 6. The number of rotatable bonds is 38. The zero-order valence-electron chi connectivity index (χ0n) is 38.8. The second kappa shape index (κ2) is 40.3. The molecule has 1 saturated carbocycles. The lowest BCUT2D eigenvalue weighted by Gasteiger charge is -2.41. The normalized spacial score (nSPS) is 22.7. The maximum absolute atomic E-state index is 12.8. The van der Waals surface area contributed by atoms with Gasteiger partial charge in [-0.3, -0.25) is 13.8 Å². The van der Waals surface area contributed by atoms with Crippen LogP contribution < -0.4 is 0 Å².